The van der Waals surface area contributed by atoms with Crippen molar-refractivity contribution >= 4 is 5.97 Å². The Morgan fingerprint density at radius 2 is 2.50 bits per heavy atom. The lowest BCUT2D eigenvalue weighted by atomic mass is 9.95. The van der Waals surface area contributed by atoms with E-state index in [1.165, 1.54) is 0 Å². The second kappa shape index (κ2) is 2.69. The molecule has 0 radical (unpaired) electrons. The zero-order valence-electron chi connectivity index (χ0n) is 5.87. The van der Waals surface area contributed by atoms with Crippen molar-refractivity contribution in [2.24, 2.45) is 5.92 Å². The molecule has 0 heterocycles. The summed E-state index contributed by atoms with van der Waals surface area (Å²) in [4.78, 5) is 10.5. The molecule has 0 saturated carbocycles. The molecule has 2 nitrogen and oxygen atoms in total. The summed E-state index contributed by atoms with van der Waals surface area (Å²) in [6, 6.07) is 0. The Bertz CT molecular complexity index is 201. The quantitative estimate of drug-likeness (QED) is 0.559. The van der Waals surface area contributed by atoms with E-state index in [9.17, 15) is 4.79 Å². The molecule has 54 valence electrons. The molecular weight excluding hydrogens is 128 g/mol. The molecule has 0 aliphatic heterocycles. The second-order valence-electron chi connectivity index (χ2n) is 2.42. The summed E-state index contributed by atoms with van der Waals surface area (Å²) in [5.41, 5.74) is 0.516. The van der Waals surface area contributed by atoms with Gasteiger partial charge in [0.25, 0.3) is 0 Å². The molecule has 0 aromatic carbocycles. The number of carbonyl (C=O) groups is 1. The molecule has 2 heteroatoms. The van der Waals surface area contributed by atoms with Crippen LogP contribution in [0, 0.1) is 5.92 Å². The van der Waals surface area contributed by atoms with E-state index in [4.69, 9.17) is 5.11 Å². The molecule has 0 aromatic heterocycles. The Morgan fingerprint density at radius 3 is 2.90 bits per heavy atom. The minimum atomic E-state index is -0.795. The van der Waals surface area contributed by atoms with Crippen molar-refractivity contribution in [1.29, 1.82) is 0 Å². The summed E-state index contributed by atoms with van der Waals surface area (Å²) in [5, 5.41) is 8.61. The molecule has 0 spiro atoms. The molecule has 0 fully saturated rings. The number of aliphatic carboxylic acids is 1. The molecule has 0 saturated heterocycles. The second-order valence-corrected chi connectivity index (χ2v) is 2.42. The van der Waals surface area contributed by atoms with Gasteiger partial charge in [-0.15, -0.1) is 0 Å². The van der Waals surface area contributed by atoms with Crippen LogP contribution >= 0.6 is 0 Å². The average molecular weight is 138 g/mol. The van der Waals surface area contributed by atoms with Gasteiger partial charge < -0.3 is 5.11 Å². The van der Waals surface area contributed by atoms with Gasteiger partial charge in [-0.1, -0.05) is 25.2 Å². The first-order chi connectivity index (χ1) is 4.72. The highest BCUT2D eigenvalue weighted by Gasteiger charge is 2.14. The molecule has 1 N–H and O–H groups in total. The van der Waals surface area contributed by atoms with Crippen molar-refractivity contribution in [2.45, 2.75) is 13.3 Å². The standard InChI is InChI=1S/C8H10O2/c1-6-4-2-3-5-7(6)8(9)10/h2,4-6H,3H2,1H3,(H,9,10). The van der Waals surface area contributed by atoms with Gasteiger partial charge >= 0.3 is 5.97 Å². The Hall–Kier alpha value is -1.05. The maximum atomic E-state index is 10.5. The van der Waals surface area contributed by atoms with Crippen LogP contribution in [-0.2, 0) is 4.79 Å². The summed E-state index contributed by atoms with van der Waals surface area (Å²) in [7, 11) is 0. The van der Waals surface area contributed by atoms with Gasteiger partial charge in [0, 0.05) is 11.5 Å². The lowest BCUT2D eigenvalue weighted by molar-refractivity contribution is -0.133. The highest BCUT2D eigenvalue weighted by Crippen LogP contribution is 2.17. The Labute approximate surface area is 59.9 Å². The van der Waals surface area contributed by atoms with Crippen LogP contribution in [0.15, 0.2) is 23.8 Å². The van der Waals surface area contributed by atoms with E-state index in [0.717, 1.165) is 6.42 Å². The van der Waals surface area contributed by atoms with Gasteiger partial charge in [0.15, 0.2) is 0 Å². The van der Waals surface area contributed by atoms with E-state index in [1.807, 2.05) is 19.1 Å². The van der Waals surface area contributed by atoms with E-state index < -0.39 is 5.97 Å². The number of allylic oxidation sites excluding steroid dienone is 3. The van der Waals surface area contributed by atoms with Crippen LogP contribution in [0.25, 0.3) is 0 Å². The van der Waals surface area contributed by atoms with Crippen molar-refractivity contribution in [1.82, 2.24) is 0 Å². The molecule has 1 aliphatic rings. The maximum Gasteiger partial charge on any atom is 0.331 e. The number of rotatable bonds is 1. The Balaban J connectivity index is 2.76. The fraction of sp³-hybridized carbons (Fsp3) is 0.375. The highest BCUT2D eigenvalue weighted by atomic mass is 16.4. The van der Waals surface area contributed by atoms with Crippen molar-refractivity contribution in [3.63, 3.8) is 0 Å². The van der Waals surface area contributed by atoms with Gasteiger partial charge in [0.2, 0.25) is 0 Å². The molecule has 1 unspecified atom stereocenters. The highest BCUT2D eigenvalue weighted by molar-refractivity contribution is 5.87. The fourth-order valence-corrected chi connectivity index (χ4v) is 1.05. The third-order valence-corrected chi connectivity index (χ3v) is 1.64. The SMILES string of the molecule is CC1C=CCC=C1C(=O)O. The van der Waals surface area contributed by atoms with E-state index >= 15 is 0 Å². The average Bonchev–Trinajstić information content (AvgIpc) is 1.88. The lowest BCUT2D eigenvalue weighted by Gasteiger charge is -2.10. The Morgan fingerprint density at radius 1 is 1.80 bits per heavy atom. The van der Waals surface area contributed by atoms with Crippen LogP contribution in [0.5, 0.6) is 0 Å². The largest absolute Gasteiger partial charge is 0.478 e. The summed E-state index contributed by atoms with van der Waals surface area (Å²) in [6.07, 6.45) is 6.42. The smallest absolute Gasteiger partial charge is 0.331 e. The summed E-state index contributed by atoms with van der Waals surface area (Å²) in [6.45, 7) is 1.88. The van der Waals surface area contributed by atoms with Gasteiger partial charge in [-0.25, -0.2) is 4.79 Å². The fourth-order valence-electron chi connectivity index (χ4n) is 1.05. The maximum absolute atomic E-state index is 10.5. The van der Waals surface area contributed by atoms with Crippen LogP contribution in [0.4, 0.5) is 0 Å². The van der Waals surface area contributed by atoms with E-state index in [2.05, 4.69) is 0 Å². The lowest BCUT2D eigenvalue weighted by Crippen LogP contribution is -2.09. The molecule has 0 amide bonds. The zero-order chi connectivity index (χ0) is 7.56. The number of carboxylic acid groups (broad SMARTS) is 1. The summed E-state index contributed by atoms with van der Waals surface area (Å²) >= 11 is 0. The molecular formula is C8H10O2. The van der Waals surface area contributed by atoms with E-state index in [0.29, 0.717) is 5.57 Å². The van der Waals surface area contributed by atoms with Crippen molar-refractivity contribution in [3.8, 4) is 0 Å². The molecule has 0 bridgehead atoms. The predicted octanol–water partition coefficient (Wildman–Crippen LogP) is 1.59. The normalized spacial score (nSPS) is 24.1. The van der Waals surface area contributed by atoms with Gasteiger partial charge in [-0.3, -0.25) is 0 Å². The predicted molar refractivity (Wildman–Crippen MR) is 38.6 cm³/mol. The first kappa shape index (κ1) is 7.06. The van der Waals surface area contributed by atoms with Gasteiger partial charge in [-0.2, -0.15) is 0 Å². The number of hydrogen-bond acceptors (Lipinski definition) is 1. The topological polar surface area (TPSA) is 37.3 Å². The van der Waals surface area contributed by atoms with Gasteiger partial charge in [0.1, 0.15) is 0 Å². The molecule has 0 aromatic rings. The summed E-state index contributed by atoms with van der Waals surface area (Å²) < 4.78 is 0. The number of carboxylic acids is 1. The van der Waals surface area contributed by atoms with Crippen molar-refractivity contribution in [3.05, 3.63) is 23.8 Å². The molecule has 1 atom stereocenters. The Kier molecular flexibility index (Phi) is 1.90. The van der Waals surface area contributed by atoms with Crippen LogP contribution in [0.1, 0.15) is 13.3 Å². The minimum absolute atomic E-state index is 0.0752. The van der Waals surface area contributed by atoms with Gasteiger partial charge in [-0.05, 0) is 6.42 Å². The first-order valence-electron chi connectivity index (χ1n) is 3.32. The summed E-state index contributed by atoms with van der Waals surface area (Å²) in [5.74, 6) is -0.719. The van der Waals surface area contributed by atoms with Crippen LogP contribution in [0.3, 0.4) is 0 Å². The first-order valence-corrected chi connectivity index (χ1v) is 3.32. The molecule has 10 heavy (non-hydrogen) atoms. The van der Waals surface area contributed by atoms with E-state index in [-0.39, 0.29) is 5.92 Å². The minimum Gasteiger partial charge on any atom is -0.478 e. The van der Waals surface area contributed by atoms with Crippen LogP contribution < -0.4 is 0 Å². The number of hydrogen-bond donors (Lipinski definition) is 1. The third-order valence-electron chi connectivity index (χ3n) is 1.64. The van der Waals surface area contributed by atoms with Gasteiger partial charge in [0.05, 0.1) is 0 Å². The monoisotopic (exact) mass is 138 g/mol. The van der Waals surface area contributed by atoms with Crippen molar-refractivity contribution in [2.75, 3.05) is 0 Å². The molecule has 1 aliphatic carbocycles. The van der Waals surface area contributed by atoms with Crippen LogP contribution in [-0.4, -0.2) is 11.1 Å². The van der Waals surface area contributed by atoms with Crippen LogP contribution in [0.2, 0.25) is 0 Å². The molecule has 1 rings (SSSR count). The van der Waals surface area contributed by atoms with Crippen molar-refractivity contribution < 1.29 is 9.90 Å². The third kappa shape index (κ3) is 1.26. The zero-order valence-corrected chi connectivity index (χ0v) is 5.87. The van der Waals surface area contributed by atoms with E-state index in [1.54, 1.807) is 6.08 Å².